The maximum absolute atomic E-state index is 13.2. The van der Waals surface area contributed by atoms with Crippen molar-refractivity contribution in [2.75, 3.05) is 14.2 Å². The minimum Gasteiger partial charge on any atom is -0.468 e. The van der Waals surface area contributed by atoms with Crippen LogP contribution in [0.4, 0.5) is 0 Å². The Hall–Kier alpha value is -2.94. The van der Waals surface area contributed by atoms with Crippen molar-refractivity contribution in [1.29, 1.82) is 0 Å². The molecule has 1 heterocycles. The van der Waals surface area contributed by atoms with E-state index in [4.69, 9.17) is 13.9 Å². The molecule has 1 aromatic heterocycles. The van der Waals surface area contributed by atoms with Crippen molar-refractivity contribution in [1.82, 2.24) is 5.32 Å². The number of fused-ring (bicyclic) bond motifs is 3. The predicted octanol–water partition coefficient (Wildman–Crippen LogP) is 1.14. The van der Waals surface area contributed by atoms with Gasteiger partial charge in [0.25, 0.3) is 0 Å². The van der Waals surface area contributed by atoms with Crippen LogP contribution in [0.1, 0.15) is 27.7 Å². The largest absolute Gasteiger partial charge is 0.468 e. The van der Waals surface area contributed by atoms with Crippen molar-refractivity contribution in [2.45, 2.75) is 33.2 Å². The second kappa shape index (κ2) is 7.64. The third-order valence-corrected chi connectivity index (χ3v) is 5.52. The van der Waals surface area contributed by atoms with Gasteiger partial charge in [-0.25, -0.2) is 9.59 Å². The standard InChI is InChI=1S/C22H22BrNO7/c1-10(25)22(20(28)30-6)16(19(27)29-5)14-12-9-11(23)7-8-13(12)31-18(26)15(14)17(22)24-21(2,3)4/h7-9,24H,1-6H3. The molecule has 31 heavy (non-hydrogen) atoms. The minimum absolute atomic E-state index is 0.0645. The van der Waals surface area contributed by atoms with Crippen molar-refractivity contribution in [3.8, 4) is 0 Å². The number of benzene rings is 1. The molecule has 1 N–H and O–H groups in total. The number of rotatable bonds is 4. The molecule has 1 unspecified atom stereocenters. The van der Waals surface area contributed by atoms with Gasteiger partial charge in [-0.2, -0.15) is 0 Å². The second-order valence-electron chi connectivity index (χ2n) is 8.19. The number of ketones is 1. The van der Waals surface area contributed by atoms with Gasteiger partial charge in [0, 0.05) is 20.6 Å². The molecular weight excluding hydrogens is 470 g/mol. The van der Waals surface area contributed by atoms with Gasteiger partial charge in [-0.05, 0) is 45.9 Å². The Morgan fingerprint density at radius 1 is 1.10 bits per heavy atom. The first kappa shape index (κ1) is 22.7. The first-order chi connectivity index (χ1) is 14.4. The molecule has 1 aromatic carbocycles. The minimum atomic E-state index is -2.22. The highest BCUT2D eigenvalue weighted by molar-refractivity contribution is 9.10. The van der Waals surface area contributed by atoms with E-state index in [1.807, 2.05) is 0 Å². The molecule has 0 radical (unpaired) electrons. The molecule has 2 aromatic rings. The maximum Gasteiger partial charge on any atom is 0.346 e. The van der Waals surface area contributed by atoms with Gasteiger partial charge in [-0.3, -0.25) is 9.59 Å². The van der Waals surface area contributed by atoms with Gasteiger partial charge in [0.05, 0.1) is 30.7 Å². The van der Waals surface area contributed by atoms with E-state index in [1.165, 1.54) is 0 Å². The Bertz CT molecular complexity index is 1320. The number of halogens is 1. The maximum atomic E-state index is 13.2. The van der Waals surface area contributed by atoms with Crippen LogP contribution >= 0.6 is 15.9 Å². The van der Waals surface area contributed by atoms with Gasteiger partial charge < -0.3 is 19.2 Å². The summed E-state index contributed by atoms with van der Waals surface area (Å²) in [6.45, 7) is 6.53. The summed E-state index contributed by atoms with van der Waals surface area (Å²) in [6, 6.07) is 4.86. The fraction of sp³-hybridized carbons (Fsp3) is 0.364. The Labute approximate surface area is 186 Å². The molecule has 8 nitrogen and oxygen atoms in total. The van der Waals surface area contributed by atoms with Crippen molar-refractivity contribution in [3.63, 3.8) is 0 Å². The molecule has 3 rings (SSSR count). The smallest absolute Gasteiger partial charge is 0.346 e. The number of carbonyl (C=O) groups is 3. The number of methoxy groups -OCH3 is 2. The molecule has 1 aliphatic carbocycles. The summed E-state index contributed by atoms with van der Waals surface area (Å²) in [6.07, 6.45) is 0. The van der Waals surface area contributed by atoms with Crippen LogP contribution in [0.2, 0.25) is 0 Å². The summed E-state index contributed by atoms with van der Waals surface area (Å²) < 4.78 is 16.1. The first-order valence-corrected chi connectivity index (χ1v) is 10.2. The third-order valence-electron chi connectivity index (χ3n) is 5.03. The molecule has 0 aliphatic heterocycles. The molecular formula is C22H22BrNO7. The predicted molar refractivity (Wildman–Crippen MR) is 116 cm³/mol. The van der Waals surface area contributed by atoms with Crippen LogP contribution in [0.25, 0.3) is 22.2 Å². The monoisotopic (exact) mass is 491 g/mol. The first-order valence-electron chi connectivity index (χ1n) is 9.38. The summed E-state index contributed by atoms with van der Waals surface area (Å²) >= 11 is 3.37. The Kier molecular flexibility index (Phi) is 5.60. The molecule has 0 spiro atoms. The van der Waals surface area contributed by atoms with E-state index in [-0.39, 0.29) is 27.3 Å². The van der Waals surface area contributed by atoms with Gasteiger partial charge in [0.15, 0.2) is 11.2 Å². The SMILES string of the molecule is COC(=O)C1=c2c(c(=O)oc3ccc(Br)cc23)=C(NC(C)(C)C)C1(C(C)=O)C(=O)OC. The fourth-order valence-electron chi connectivity index (χ4n) is 3.90. The van der Waals surface area contributed by atoms with E-state index in [0.29, 0.717) is 9.86 Å². The number of hydrogen-bond donors (Lipinski definition) is 1. The van der Waals surface area contributed by atoms with Gasteiger partial charge in [-0.1, -0.05) is 15.9 Å². The van der Waals surface area contributed by atoms with Crippen LogP contribution < -0.4 is 21.4 Å². The summed E-state index contributed by atoms with van der Waals surface area (Å²) in [5.74, 6) is -2.64. The number of hydrogen-bond acceptors (Lipinski definition) is 8. The average Bonchev–Trinajstić information content (AvgIpc) is 2.98. The molecule has 1 atom stereocenters. The fourth-order valence-corrected chi connectivity index (χ4v) is 4.26. The summed E-state index contributed by atoms with van der Waals surface area (Å²) in [4.78, 5) is 52.5. The van der Waals surface area contributed by atoms with Gasteiger partial charge in [0.2, 0.25) is 0 Å². The third kappa shape index (κ3) is 3.37. The lowest BCUT2D eigenvalue weighted by Crippen LogP contribution is -2.51. The van der Waals surface area contributed by atoms with Crippen LogP contribution in [0.3, 0.4) is 0 Å². The number of nitrogens with one attached hydrogen (secondary N) is 1. The van der Waals surface area contributed by atoms with E-state index in [0.717, 1.165) is 21.1 Å². The van der Waals surface area contributed by atoms with Crippen LogP contribution in [0.5, 0.6) is 0 Å². The molecule has 0 bridgehead atoms. The number of carbonyl (C=O) groups excluding carboxylic acids is 3. The zero-order valence-corrected chi connectivity index (χ0v) is 19.6. The molecule has 9 heteroatoms. The lowest BCUT2D eigenvalue weighted by molar-refractivity contribution is -0.152. The van der Waals surface area contributed by atoms with E-state index < -0.39 is 34.3 Å². The zero-order valence-electron chi connectivity index (χ0n) is 18.0. The molecule has 1 aliphatic rings. The average molecular weight is 492 g/mol. The molecule has 0 saturated heterocycles. The van der Waals surface area contributed by atoms with E-state index in [9.17, 15) is 19.2 Å². The lowest BCUT2D eigenvalue weighted by atomic mass is 9.75. The normalized spacial score (nSPS) is 18.0. The van der Waals surface area contributed by atoms with Gasteiger partial charge in [-0.15, -0.1) is 0 Å². The highest BCUT2D eigenvalue weighted by atomic mass is 79.9. The zero-order chi connectivity index (χ0) is 23.3. The van der Waals surface area contributed by atoms with Crippen LogP contribution in [0.15, 0.2) is 31.9 Å². The van der Waals surface area contributed by atoms with Crippen LogP contribution in [-0.4, -0.2) is 37.5 Å². The Morgan fingerprint density at radius 2 is 1.74 bits per heavy atom. The number of Topliss-reactive ketones (excluding diaryl/α,β-unsaturated/α-hetero) is 1. The summed E-state index contributed by atoms with van der Waals surface area (Å²) in [7, 11) is 2.24. The quantitative estimate of drug-likeness (QED) is 0.384. The van der Waals surface area contributed by atoms with E-state index in [2.05, 4.69) is 21.2 Å². The van der Waals surface area contributed by atoms with Crippen molar-refractivity contribution >= 4 is 55.9 Å². The van der Waals surface area contributed by atoms with Crippen molar-refractivity contribution < 1.29 is 28.3 Å². The van der Waals surface area contributed by atoms with Crippen molar-refractivity contribution in [2.24, 2.45) is 5.41 Å². The topological polar surface area (TPSA) is 112 Å². The van der Waals surface area contributed by atoms with Crippen LogP contribution in [-0.2, 0) is 23.9 Å². The molecule has 0 amide bonds. The van der Waals surface area contributed by atoms with Crippen molar-refractivity contribution in [3.05, 3.63) is 43.5 Å². The molecule has 164 valence electrons. The second-order valence-corrected chi connectivity index (χ2v) is 9.11. The van der Waals surface area contributed by atoms with Crippen LogP contribution in [0, 0.1) is 5.41 Å². The molecule has 0 fully saturated rings. The van der Waals surface area contributed by atoms with E-state index in [1.54, 1.807) is 39.0 Å². The lowest BCUT2D eigenvalue weighted by Gasteiger charge is -2.34. The Balaban J connectivity index is 2.80. The van der Waals surface area contributed by atoms with Gasteiger partial charge >= 0.3 is 17.6 Å². The number of ether oxygens (including phenoxy) is 2. The van der Waals surface area contributed by atoms with E-state index >= 15 is 0 Å². The molecule has 0 saturated carbocycles. The Morgan fingerprint density at radius 3 is 2.26 bits per heavy atom. The summed E-state index contributed by atoms with van der Waals surface area (Å²) in [5.41, 5.74) is -3.87. The number of esters is 2. The highest BCUT2D eigenvalue weighted by Crippen LogP contribution is 2.41. The van der Waals surface area contributed by atoms with Gasteiger partial charge in [0.1, 0.15) is 5.58 Å². The summed E-state index contributed by atoms with van der Waals surface area (Å²) in [5, 5.41) is 3.47. The highest BCUT2D eigenvalue weighted by Gasteiger charge is 2.59.